The second-order valence-corrected chi connectivity index (χ2v) is 3.37. The van der Waals surface area contributed by atoms with Crippen molar-refractivity contribution in [3.05, 3.63) is 0 Å². The molecule has 66 valence electrons. The molecule has 0 aromatic heterocycles. The molecule has 0 aromatic rings. The standard InChI is InChI=1S/C6H11F2NOS/c1-4(11-2)3-9-6(10)5(7)8/h4-5H,3H2,1-2H3,(H,9,10). The zero-order valence-corrected chi connectivity index (χ0v) is 7.25. The maximum absolute atomic E-state index is 11.6. The molecule has 1 atom stereocenters. The zero-order valence-electron chi connectivity index (χ0n) is 6.43. The highest BCUT2D eigenvalue weighted by atomic mass is 32.2. The van der Waals surface area contributed by atoms with Gasteiger partial charge in [0.25, 0.3) is 5.91 Å². The molecule has 1 amide bonds. The molecule has 0 bridgehead atoms. The average molecular weight is 183 g/mol. The van der Waals surface area contributed by atoms with E-state index < -0.39 is 12.3 Å². The number of alkyl halides is 2. The SMILES string of the molecule is CSC(C)CNC(=O)C(F)F. The number of hydrogen-bond acceptors (Lipinski definition) is 2. The van der Waals surface area contributed by atoms with Gasteiger partial charge in [0.1, 0.15) is 0 Å². The van der Waals surface area contributed by atoms with Gasteiger partial charge in [-0.3, -0.25) is 4.79 Å². The van der Waals surface area contributed by atoms with Gasteiger partial charge in [-0.05, 0) is 6.26 Å². The molecule has 0 fully saturated rings. The molecule has 5 heteroatoms. The van der Waals surface area contributed by atoms with Gasteiger partial charge in [0.2, 0.25) is 0 Å². The number of carbonyl (C=O) groups is 1. The van der Waals surface area contributed by atoms with E-state index in [4.69, 9.17) is 0 Å². The lowest BCUT2D eigenvalue weighted by atomic mass is 10.4. The van der Waals surface area contributed by atoms with Gasteiger partial charge in [-0.25, -0.2) is 0 Å². The average Bonchev–Trinajstić information content (AvgIpc) is 1.99. The molecule has 11 heavy (non-hydrogen) atoms. The van der Waals surface area contributed by atoms with Gasteiger partial charge in [-0.2, -0.15) is 20.5 Å². The van der Waals surface area contributed by atoms with Crippen molar-refractivity contribution in [1.29, 1.82) is 0 Å². The van der Waals surface area contributed by atoms with Crippen molar-refractivity contribution in [3.8, 4) is 0 Å². The molecule has 2 nitrogen and oxygen atoms in total. The van der Waals surface area contributed by atoms with Crippen LogP contribution in [0.5, 0.6) is 0 Å². The third-order valence-corrected chi connectivity index (χ3v) is 2.14. The fourth-order valence-corrected chi connectivity index (χ4v) is 0.655. The summed E-state index contributed by atoms with van der Waals surface area (Å²) in [5.41, 5.74) is 0. The largest absolute Gasteiger partial charge is 0.350 e. The van der Waals surface area contributed by atoms with Gasteiger partial charge >= 0.3 is 6.43 Å². The van der Waals surface area contributed by atoms with E-state index in [1.54, 1.807) is 0 Å². The van der Waals surface area contributed by atoms with Crippen LogP contribution < -0.4 is 5.32 Å². The van der Waals surface area contributed by atoms with Crippen molar-refractivity contribution >= 4 is 17.7 Å². The third-order valence-electron chi connectivity index (χ3n) is 1.16. The Kier molecular flexibility index (Phi) is 5.19. The van der Waals surface area contributed by atoms with Gasteiger partial charge in [-0.15, -0.1) is 0 Å². The molecule has 0 saturated carbocycles. The second kappa shape index (κ2) is 5.35. The number of halogens is 2. The summed E-state index contributed by atoms with van der Waals surface area (Å²) in [5.74, 6) is -1.19. The van der Waals surface area contributed by atoms with Gasteiger partial charge < -0.3 is 5.32 Å². The fraction of sp³-hybridized carbons (Fsp3) is 0.833. The molecular formula is C6H11F2NOS. The van der Waals surface area contributed by atoms with Gasteiger partial charge in [0, 0.05) is 11.8 Å². The van der Waals surface area contributed by atoms with Crippen LogP contribution in [-0.2, 0) is 4.79 Å². The number of thioether (sulfide) groups is 1. The van der Waals surface area contributed by atoms with Crippen LogP contribution >= 0.6 is 11.8 Å². The molecule has 0 aliphatic heterocycles. The maximum atomic E-state index is 11.6. The Bertz CT molecular complexity index is 132. The number of amides is 1. The highest BCUT2D eigenvalue weighted by Crippen LogP contribution is 2.02. The summed E-state index contributed by atoms with van der Waals surface area (Å²) in [6.45, 7) is 2.15. The van der Waals surface area contributed by atoms with Gasteiger partial charge in [0.05, 0.1) is 0 Å². The first kappa shape index (κ1) is 10.7. The topological polar surface area (TPSA) is 29.1 Å². The molecule has 0 saturated heterocycles. The Balaban J connectivity index is 3.46. The third kappa shape index (κ3) is 5.01. The first-order valence-electron chi connectivity index (χ1n) is 3.16. The number of rotatable bonds is 4. The summed E-state index contributed by atoms with van der Waals surface area (Å²) < 4.78 is 23.1. The van der Waals surface area contributed by atoms with Crippen LogP contribution in [0.1, 0.15) is 6.92 Å². The van der Waals surface area contributed by atoms with Crippen LogP contribution in [0, 0.1) is 0 Å². The van der Waals surface area contributed by atoms with E-state index in [1.165, 1.54) is 11.8 Å². The highest BCUT2D eigenvalue weighted by molar-refractivity contribution is 7.99. The molecule has 0 aliphatic rings. The quantitative estimate of drug-likeness (QED) is 0.707. The van der Waals surface area contributed by atoms with Crippen LogP contribution in [0.2, 0.25) is 0 Å². The summed E-state index contributed by atoms with van der Waals surface area (Å²) in [5, 5.41) is 2.30. The van der Waals surface area contributed by atoms with Gasteiger partial charge in [-0.1, -0.05) is 6.92 Å². The summed E-state index contributed by atoms with van der Waals surface area (Å²) in [7, 11) is 0. The monoisotopic (exact) mass is 183 g/mol. The van der Waals surface area contributed by atoms with Crippen LogP contribution in [0.25, 0.3) is 0 Å². The normalized spacial score (nSPS) is 13.2. The summed E-state index contributed by atoms with van der Waals surface area (Å²) >= 11 is 1.52. The van der Waals surface area contributed by atoms with Crippen LogP contribution in [0.4, 0.5) is 8.78 Å². The first-order chi connectivity index (χ1) is 5.07. The molecule has 0 spiro atoms. The summed E-state index contributed by atoms with van der Waals surface area (Å²) in [6.07, 6.45) is -1.04. The first-order valence-corrected chi connectivity index (χ1v) is 4.45. The van der Waals surface area contributed by atoms with E-state index >= 15 is 0 Å². The molecule has 0 aliphatic carbocycles. The number of nitrogens with one attached hydrogen (secondary N) is 1. The second-order valence-electron chi connectivity index (χ2n) is 2.09. The van der Waals surface area contributed by atoms with Crippen molar-refractivity contribution in [3.63, 3.8) is 0 Å². The Labute approximate surface area is 68.7 Å². The van der Waals surface area contributed by atoms with E-state index in [1.807, 2.05) is 13.2 Å². The molecule has 0 radical (unpaired) electrons. The Morgan fingerprint density at radius 3 is 2.55 bits per heavy atom. The molecule has 0 rings (SSSR count). The van der Waals surface area contributed by atoms with Crippen molar-refractivity contribution in [2.24, 2.45) is 0 Å². The lowest BCUT2D eigenvalue weighted by Crippen LogP contribution is -2.33. The molecule has 1 unspecified atom stereocenters. The Morgan fingerprint density at radius 1 is 1.64 bits per heavy atom. The number of hydrogen-bond donors (Lipinski definition) is 1. The van der Waals surface area contributed by atoms with E-state index in [2.05, 4.69) is 5.32 Å². The van der Waals surface area contributed by atoms with Crippen molar-refractivity contribution < 1.29 is 13.6 Å². The minimum atomic E-state index is -2.90. The van der Waals surface area contributed by atoms with Crippen molar-refractivity contribution in [1.82, 2.24) is 5.32 Å². The minimum Gasteiger partial charge on any atom is -0.350 e. The summed E-state index contributed by atoms with van der Waals surface area (Å²) in [4.78, 5) is 10.3. The smallest absolute Gasteiger partial charge is 0.315 e. The van der Waals surface area contributed by atoms with Crippen LogP contribution in [0.15, 0.2) is 0 Å². The van der Waals surface area contributed by atoms with Gasteiger partial charge in [0.15, 0.2) is 0 Å². The highest BCUT2D eigenvalue weighted by Gasteiger charge is 2.14. The predicted octanol–water partition coefficient (Wildman–Crippen LogP) is 1.12. The fourth-order valence-electron chi connectivity index (χ4n) is 0.405. The molecule has 1 N–H and O–H groups in total. The predicted molar refractivity (Wildman–Crippen MR) is 42.0 cm³/mol. The number of carbonyl (C=O) groups excluding carboxylic acids is 1. The van der Waals surface area contributed by atoms with Crippen molar-refractivity contribution in [2.45, 2.75) is 18.6 Å². The lowest BCUT2D eigenvalue weighted by molar-refractivity contribution is -0.131. The Morgan fingerprint density at radius 2 is 2.18 bits per heavy atom. The summed E-state index contributed by atoms with van der Waals surface area (Å²) in [6, 6.07) is 0. The zero-order chi connectivity index (χ0) is 8.85. The van der Waals surface area contributed by atoms with Crippen LogP contribution in [0.3, 0.4) is 0 Å². The van der Waals surface area contributed by atoms with E-state index in [9.17, 15) is 13.6 Å². The van der Waals surface area contributed by atoms with E-state index in [0.29, 0.717) is 6.54 Å². The van der Waals surface area contributed by atoms with Crippen LogP contribution in [-0.4, -0.2) is 30.4 Å². The van der Waals surface area contributed by atoms with Crippen molar-refractivity contribution in [2.75, 3.05) is 12.8 Å². The van der Waals surface area contributed by atoms with E-state index in [0.717, 1.165) is 0 Å². The molecule has 0 aromatic carbocycles. The van der Waals surface area contributed by atoms with E-state index in [-0.39, 0.29) is 5.25 Å². The minimum absolute atomic E-state index is 0.178. The molecular weight excluding hydrogens is 172 g/mol. The molecule has 0 heterocycles. The Hall–Kier alpha value is -0.320. The lowest BCUT2D eigenvalue weighted by Gasteiger charge is -2.08. The maximum Gasteiger partial charge on any atom is 0.315 e.